The van der Waals surface area contributed by atoms with E-state index in [1.165, 1.54) is 11.1 Å². The molecule has 5 nitrogen and oxygen atoms in total. The predicted molar refractivity (Wildman–Crippen MR) is 186 cm³/mol. The van der Waals surface area contributed by atoms with Crippen LogP contribution in [-0.2, 0) is 0 Å². The van der Waals surface area contributed by atoms with Crippen LogP contribution in [0.3, 0.4) is 0 Å². The molecule has 43 heavy (non-hydrogen) atoms. The smallest absolute Gasteiger partial charge is 0.207 e. The summed E-state index contributed by atoms with van der Waals surface area (Å²) < 4.78 is 0. The molecule has 0 aliphatic heterocycles. The Kier molecular flexibility index (Phi) is 10.5. The molecule has 3 aromatic rings. The van der Waals surface area contributed by atoms with Crippen LogP contribution in [0.25, 0.3) is 16.7 Å². The van der Waals surface area contributed by atoms with E-state index in [-0.39, 0.29) is 5.96 Å². The Morgan fingerprint density at radius 3 is 2.23 bits per heavy atom. The highest BCUT2D eigenvalue weighted by molar-refractivity contribution is 6.06. The van der Waals surface area contributed by atoms with Crippen LogP contribution < -0.4 is 11.1 Å². The van der Waals surface area contributed by atoms with Crippen molar-refractivity contribution in [2.45, 2.75) is 33.6 Å². The van der Waals surface area contributed by atoms with Gasteiger partial charge in [-0.15, -0.1) is 0 Å². The molecular weight excluding hydrogens is 526 g/mol. The van der Waals surface area contributed by atoms with Crippen LogP contribution in [0.2, 0.25) is 0 Å². The largest absolute Gasteiger partial charge is 0.369 e. The van der Waals surface area contributed by atoms with Crippen LogP contribution in [0.1, 0.15) is 44.7 Å². The Balaban J connectivity index is 1.71. The first kappa shape index (κ1) is 30.8. The van der Waals surface area contributed by atoms with E-state index in [0.717, 1.165) is 46.5 Å². The maximum absolute atomic E-state index is 6.72. The minimum atomic E-state index is 0.239. The second-order valence-corrected chi connectivity index (χ2v) is 10.4. The molecule has 3 aromatic carbocycles. The quantitative estimate of drug-likeness (QED) is 0.154. The topological polar surface area (TPSA) is 66.0 Å². The molecule has 0 fully saturated rings. The number of nitrogens with two attached hydrogens (primary N) is 1. The van der Waals surface area contributed by atoms with Gasteiger partial charge in [-0.25, -0.2) is 0 Å². The fraction of sp³-hybridized carbons (Fsp3) is 0.158. The summed E-state index contributed by atoms with van der Waals surface area (Å²) in [6, 6.07) is 26.6. The van der Waals surface area contributed by atoms with Crippen LogP contribution in [0.15, 0.2) is 155 Å². The van der Waals surface area contributed by atoms with Crippen molar-refractivity contribution in [1.82, 2.24) is 4.90 Å². The second-order valence-electron chi connectivity index (χ2n) is 10.4. The molecule has 5 heteroatoms. The lowest BCUT2D eigenvalue weighted by molar-refractivity contribution is 0.647. The van der Waals surface area contributed by atoms with Gasteiger partial charge in [0, 0.05) is 24.0 Å². The summed E-state index contributed by atoms with van der Waals surface area (Å²) in [5.74, 6) is 0.764. The first-order valence-electron chi connectivity index (χ1n) is 14.5. The summed E-state index contributed by atoms with van der Waals surface area (Å²) in [7, 11) is 1.71. The number of anilines is 1. The summed E-state index contributed by atoms with van der Waals surface area (Å²) in [5, 5.41) is 3.49. The van der Waals surface area contributed by atoms with Crippen molar-refractivity contribution in [3.05, 3.63) is 156 Å². The van der Waals surface area contributed by atoms with Gasteiger partial charge in [-0.1, -0.05) is 110 Å². The van der Waals surface area contributed by atoms with E-state index in [1.54, 1.807) is 7.05 Å². The highest BCUT2D eigenvalue weighted by atomic mass is 15.3. The number of aliphatic imine (C=N–C) groups is 2. The predicted octanol–water partition coefficient (Wildman–Crippen LogP) is 9.09. The number of hydrogen-bond donors (Lipinski definition) is 2. The summed E-state index contributed by atoms with van der Waals surface area (Å²) in [4.78, 5) is 11.0. The maximum Gasteiger partial charge on any atom is 0.207 e. The van der Waals surface area contributed by atoms with E-state index < -0.39 is 0 Å². The highest BCUT2D eigenvalue weighted by Crippen LogP contribution is 2.34. The van der Waals surface area contributed by atoms with Crippen molar-refractivity contribution in [2.24, 2.45) is 15.7 Å². The van der Waals surface area contributed by atoms with Crippen LogP contribution in [0.5, 0.6) is 0 Å². The van der Waals surface area contributed by atoms with Crippen molar-refractivity contribution in [1.29, 1.82) is 0 Å². The average Bonchev–Trinajstić information content (AvgIpc) is 3.04. The van der Waals surface area contributed by atoms with Crippen molar-refractivity contribution in [3.63, 3.8) is 0 Å². The molecular formula is C38H41N5. The molecule has 218 valence electrons. The minimum absolute atomic E-state index is 0.239. The number of guanidine groups is 1. The van der Waals surface area contributed by atoms with Gasteiger partial charge < -0.3 is 11.1 Å². The third kappa shape index (κ3) is 7.57. The van der Waals surface area contributed by atoms with E-state index in [1.807, 2.05) is 74.2 Å². The molecule has 4 rings (SSSR count). The van der Waals surface area contributed by atoms with Gasteiger partial charge in [-0.3, -0.25) is 9.89 Å². The first-order valence-corrected chi connectivity index (χ1v) is 14.5. The van der Waals surface area contributed by atoms with Crippen LogP contribution in [-0.4, -0.2) is 23.7 Å². The number of benzene rings is 3. The van der Waals surface area contributed by atoms with Crippen molar-refractivity contribution >= 4 is 23.1 Å². The Labute approximate surface area is 256 Å². The molecule has 3 N–H and O–H groups in total. The molecule has 0 unspecified atom stereocenters. The van der Waals surface area contributed by atoms with E-state index in [0.29, 0.717) is 17.2 Å². The van der Waals surface area contributed by atoms with Gasteiger partial charge in [-0.05, 0) is 74.1 Å². The lowest BCUT2D eigenvalue weighted by Gasteiger charge is -2.29. The first-order chi connectivity index (χ1) is 20.8. The Morgan fingerprint density at radius 1 is 0.930 bits per heavy atom. The van der Waals surface area contributed by atoms with Gasteiger partial charge in [0.05, 0.1) is 11.4 Å². The number of allylic oxidation sites excluding steroid dienone is 7. The standard InChI is InChI=1S/C38H41N5/c1-7-17-36(27(2)3)43(38(39)42-37(40-6)32-22-15-10-16-23-32)29(5)28(4)41-33-24-25-34(30-18-11-8-12-19-30)35(26-33)31-20-13-9-14-21-31/h7,9-11,13-26,41H,4-5,8,12H2,1-3,6H3,(H2,39,40,42)/b17-7-. The molecule has 0 bridgehead atoms. The summed E-state index contributed by atoms with van der Waals surface area (Å²) >= 11 is 0. The number of rotatable bonds is 9. The Bertz CT molecular complexity index is 1650. The van der Waals surface area contributed by atoms with Gasteiger partial charge in [0.2, 0.25) is 5.96 Å². The fourth-order valence-electron chi connectivity index (χ4n) is 4.94. The molecule has 0 atom stereocenters. The van der Waals surface area contributed by atoms with E-state index in [4.69, 9.17) is 10.7 Å². The monoisotopic (exact) mass is 567 g/mol. The summed E-state index contributed by atoms with van der Waals surface area (Å²) in [5.41, 5.74) is 16.3. The second kappa shape index (κ2) is 14.6. The van der Waals surface area contributed by atoms with Gasteiger partial charge in [0.25, 0.3) is 0 Å². The average molecular weight is 568 g/mol. The Morgan fingerprint density at radius 2 is 1.63 bits per heavy atom. The minimum Gasteiger partial charge on any atom is -0.369 e. The van der Waals surface area contributed by atoms with Gasteiger partial charge in [0.15, 0.2) is 5.84 Å². The molecule has 1 aliphatic rings. The molecule has 1 aliphatic carbocycles. The Hall–Kier alpha value is -5.16. The zero-order valence-electron chi connectivity index (χ0n) is 25.6. The zero-order chi connectivity index (χ0) is 30.8. The number of hydrogen-bond acceptors (Lipinski definition) is 2. The van der Waals surface area contributed by atoms with E-state index in [9.17, 15) is 0 Å². The molecule has 0 spiro atoms. The fourth-order valence-corrected chi connectivity index (χ4v) is 4.94. The van der Waals surface area contributed by atoms with Gasteiger partial charge in [0.1, 0.15) is 0 Å². The third-order valence-electron chi connectivity index (χ3n) is 7.09. The number of nitrogens with zero attached hydrogens (tertiary/aromatic N) is 3. The van der Waals surface area contributed by atoms with E-state index in [2.05, 4.69) is 84.2 Å². The molecule has 0 heterocycles. The summed E-state index contributed by atoms with van der Waals surface area (Å²) in [6.45, 7) is 14.8. The molecule has 0 saturated heterocycles. The maximum atomic E-state index is 6.72. The highest BCUT2D eigenvalue weighted by Gasteiger charge is 2.21. The molecule has 0 radical (unpaired) electrons. The van der Waals surface area contributed by atoms with E-state index >= 15 is 0 Å². The number of nitrogens with one attached hydrogen (secondary N) is 1. The van der Waals surface area contributed by atoms with Crippen molar-refractivity contribution in [2.75, 3.05) is 12.4 Å². The lowest BCUT2D eigenvalue weighted by atomic mass is 9.91. The normalized spacial score (nSPS) is 13.4. The van der Waals surface area contributed by atoms with Crippen molar-refractivity contribution in [3.8, 4) is 11.1 Å². The van der Waals surface area contributed by atoms with Gasteiger partial charge >= 0.3 is 0 Å². The third-order valence-corrected chi connectivity index (χ3v) is 7.09. The van der Waals surface area contributed by atoms with Crippen LogP contribution in [0, 0.1) is 0 Å². The SMILES string of the molecule is C=C(Nc1ccc(C2=CCCC=C2)c(-c2ccccc2)c1)C(=C)N(C(N)=NC(=NC)c1ccccc1)C(/C=C\C)=C(C)C. The molecule has 0 saturated carbocycles. The van der Waals surface area contributed by atoms with Gasteiger partial charge in [-0.2, -0.15) is 4.99 Å². The lowest BCUT2D eigenvalue weighted by Crippen LogP contribution is -2.37. The zero-order valence-corrected chi connectivity index (χ0v) is 25.6. The number of amidine groups is 1. The summed E-state index contributed by atoms with van der Waals surface area (Å²) in [6.07, 6.45) is 12.8. The van der Waals surface area contributed by atoms with Crippen LogP contribution in [0.4, 0.5) is 5.69 Å². The molecule has 0 amide bonds. The molecule has 0 aromatic heterocycles. The van der Waals surface area contributed by atoms with Crippen molar-refractivity contribution < 1.29 is 0 Å². The van der Waals surface area contributed by atoms with Crippen LogP contribution >= 0.6 is 0 Å².